The largest absolute Gasteiger partial charge is 0.506 e. The van der Waals surface area contributed by atoms with Crippen molar-refractivity contribution in [1.29, 1.82) is 0 Å². The first-order chi connectivity index (χ1) is 12.3. The van der Waals surface area contributed by atoms with Crippen LogP contribution in [0.3, 0.4) is 0 Å². The Morgan fingerprint density at radius 1 is 1.15 bits per heavy atom. The summed E-state index contributed by atoms with van der Waals surface area (Å²) in [6.45, 7) is 0.904. The molecule has 2 aromatic carbocycles. The van der Waals surface area contributed by atoms with Crippen molar-refractivity contribution in [1.82, 2.24) is 4.31 Å². The zero-order valence-electron chi connectivity index (χ0n) is 13.6. The molecule has 2 aromatic rings. The van der Waals surface area contributed by atoms with Gasteiger partial charge >= 0.3 is 0 Å². The van der Waals surface area contributed by atoms with Crippen molar-refractivity contribution in [2.75, 3.05) is 18.4 Å². The van der Waals surface area contributed by atoms with E-state index in [-0.39, 0.29) is 26.4 Å². The maximum atomic E-state index is 13.2. The highest BCUT2D eigenvalue weighted by atomic mass is 79.9. The second-order valence-corrected chi connectivity index (χ2v) is 8.66. The molecule has 0 bridgehead atoms. The fraction of sp³-hybridized carbons (Fsp3) is 0.235. The van der Waals surface area contributed by atoms with E-state index in [4.69, 9.17) is 0 Å². The Hall–Kier alpha value is -1.97. The quantitative estimate of drug-likeness (QED) is 0.710. The van der Waals surface area contributed by atoms with E-state index in [1.807, 2.05) is 0 Å². The molecule has 0 spiro atoms. The van der Waals surface area contributed by atoms with Crippen molar-refractivity contribution in [3.8, 4) is 5.75 Å². The fourth-order valence-corrected chi connectivity index (χ4v) is 4.79. The standard InChI is InChI=1S/C17H16BrFN2O4S/c18-14-9-11(19)3-5-13(14)17(23)20-15-10-12(4-6-16(15)22)26(24,25)21-7-1-2-8-21/h3-6,9-10,22H,1-2,7-8H2,(H,20,23). The lowest BCUT2D eigenvalue weighted by Crippen LogP contribution is -2.28. The summed E-state index contributed by atoms with van der Waals surface area (Å²) in [6.07, 6.45) is 1.61. The van der Waals surface area contributed by atoms with Gasteiger partial charge in [0.15, 0.2) is 0 Å². The van der Waals surface area contributed by atoms with E-state index in [2.05, 4.69) is 21.2 Å². The molecule has 1 saturated heterocycles. The van der Waals surface area contributed by atoms with Crippen LogP contribution < -0.4 is 5.32 Å². The molecule has 0 unspecified atom stereocenters. The molecule has 138 valence electrons. The van der Waals surface area contributed by atoms with E-state index in [0.29, 0.717) is 13.1 Å². The lowest BCUT2D eigenvalue weighted by atomic mass is 10.2. The number of nitrogens with one attached hydrogen (secondary N) is 1. The van der Waals surface area contributed by atoms with Crippen LogP contribution >= 0.6 is 15.9 Å². The summed E-state index contributed by atoms with van der Waals surface area (Å²) in [4.78, 5) is 12.4. The van der Waals surface area contributed by atoms with Gasteiger partial charge in [-0.15, -0.1) is 0 Å². The topological polar surface area (TPSA) is 86.7 Å². The van der Waals surface area contributed by atoms with E-state index in [1.165, 1.54) is 28.6 Å². The third kappa shape index (κ3) is 3.74. The van der Waals surface area contributed by atoms with Crippen LogP contribution in [0.25, 0.3) is 0 Å². The average molecular weight is 443 g/mol. The molecule has 0 radical (unpaired) electrons. The lowest BCUT2D eigenvalue weighted by Gasteiger charge is -2.17. The maximum Gasteiger partial charge on any atom is 0.256 e. The van der Waals surface area contributed by atoms with Crippen LogP contribution in [0.2, 0.25) is 0 Å². The molecule has 2 N–H and O–H groups in total. The van der Waals surface area contributed by atoms with Gasteiger partial charge in [-0.3, -0.25) is 4.79 Å². The van der Waals surface area contributed by atoms with Crippen LogP contribution in [0, 0.1) is 5.82 Å². The number of amides is 1. The zero-order chi connectivity index (χ0) is 18.9. The van der Waals surface area contributed by atoms with E-state index in [1.54, 1.807) is 0 Å². The number of sulfonamides is 1. The van der Waals surface area contributed by atoms with E-state index in [9.17, 15) is 22.7 Å². The highest BCUT2D eigenvalue weighted by Crippen LogP contribution is 2.30. The molecule has 0 aliphatic carbocycles. The van der Waals surface area contributed by atoms with Gasteiger partial charge in [-0.2, -0.15) is 4.31 Å². The molecular weight excluding hydrogens is 427 g/mol. The van der Waals surface area contributed by atoms with Crippen molar-refractivity contribution in [3.05, 3.63) is 52.3 Å². The van der Waals surface area contributed by atoms with Crippen molar-refractivity contribution < 1.29 is 22.7 Å². The average Bonchev–Trinajstić information content (AvgIpc) is 3.12. The molecule has 0 aromatic heterocycles. The number of rotatable bonds is 4. The van der Waals surface area contributed by atoms with Crippen molar-refractivity contribution in [3.63, 3.8) is 0 Å². The molecule has 1 amide bonds. The summed E-state index contributed by atoms with van der Waals surface area (Å²) in [6, 6.07) is 7.30. The lowest BCUT2D eigenvalue weighted by molar-refractivity contribution is 0.102. The van der Waals surface area contributed by atoms with Crippen LogP contribution in [0.1, 0.15) is 23.2 Å². The second-order valence-electron chi connectivity index (χ2n) is 5.87. The van der Waals surface area contributed by atoms with E-state index in [0.717, 1.165) is 25.0 Å². The number of carbonyl (C=O) groups excluding carboxylic acids is 1. The Bertz CT molecular complexity index is 959. The van der Waals surface area contributed by atoms with Crippen LogP contribution in [0.5, 0.6) is 5.75 Å². The Morgan fingerprint density at radius 3 is 2.50 bits per heavy atom. The highest BCUT2D eigenvalue weighted by Gasteiger charge is 2.28. The summed E-state index contributed by atoms with van der Waals surface area (Å²) in [5.74, 6) is -1.38. The zero-order valence-corrected chi connectivity index (χ0v) is 16.0. The van der Waals surface area contributed by atoms with Crippen LogP contribution in [-0.2, 0) is 10.0 Å². The first-order valence-electron chi connectivity index (χ1n) is 7.88. The van der Waals surface area contributed by atoms with Crippen LogP contribution in [0.15, 0.2) is 45.8 Å². The number of halogens is 2. The van der Waals surface area contributed by atoms with Gasteiger partial charge in [0, 0.05) is 17.6 Å². The predicted molar refractivity (Wildman–Crippen MR) is 98.2 cm³/mol. The fourth-order valence-electron chi connectivity index (χ4n) is 2.72. The van der Waals surface area contributed by atoms with Crippen molar-refractivity contribution >= 4 is 37.5 Å². The molecular formula is C17H16BrFN2O4S. The molecule has 1 heterocycles. The third-order valence-electron chi connectivity index (χ3n) is 4.09. The molecule has 6 nitrogen and oxygen atoms in total. The number of anilines is 1. The predicted octanol–water partition coefficient (Wildman–Crippen LogP) is 3.33. The SMILES string of the molecule is O=C(Nc1cc(S(=O)(=O)N2CCCC2)ccc1O)c1ccc(F)cc1Br. The summed E-state index contributed by atoms with van der Waals surface area (Å²) in [5.41, 5.74) is 0.116. The normalized spacial score (nSPS) is 15.2. The summed E-state index contributed by atoms with van der Waals surface area (Å²) in [7, 11) is -3.68. The van der Waals surface area contributed by atoms with Gasteiger partial charge in [-0.1, -0.05) is 0 Å². The van der Waals surface area contributed by atoms with Crippen molar-refractivity contribution in [2.24, 2.45) is 0 Å². The Labute approximate surface area is 158 Å². The Balaban J connectivity index is 1.89. The highest BCUT2D eigenvalue weighted by molar-refractivity contribution is 9.10. The van der Waals surface area contributed by atoms with E-state index < -0.39 is 21.7 Å². The molecule has 9 heteroatoms. The third-order valence-corrected chi connectivity index (χ3v) is 6.65. The molecule has 1 aliphatic rings. The number of nitrogens with zero attached hydrogens (tertiary/aromatic N) is 1. The van der Waals surface area contributed by atoms with Crippen LogP contribution in [0.4, 0.5) is 10.1 Å². The summed E-state index contributed by atoms with van der Waals surface area (Å²) < 4.78 is 40.0. The Kier molecular flexibility index (Phi) is 5.31. The molecule has 1 aliphatic heterocycles. The number of benzene rings is 2. The second kappa shape index (κ2) is 7.34. The van der Waals surface area contributed by atoms with Gasteiger partial charge in [0.05, 0.1) is 16.1 Å². The first-order valence-corrected chi connectivity index (χ1v) is 10.1. The number of hydrogen-bond donors (Lipinski definition) is 2. The van der Waals surface area contributed by atoms with Crippen molar-refractivity contribution in [2.45, 2.75) is 17.7 Å². The number of hydrogen-bond acceptors (Lipinski definition) is 4. The monoisotopic (exact) mass is 442 g/mol. The van der Waals surface area contributed by atoms with E-state index >= 15 is 0 Å². The van der Waals surface area contributed by atoms with Gasteiger partial charge in [-0.25, -0.2) is 12.8 Å². The molecule has 26 heavy (non-hydrogen) atoms. The first kappa shape index (κ1) is 18.8. The van der Waals surface area contributed by atoms with Gasteiger partial charge in [0.2, 0.25) is 10.0 Å². The number of carbonyl (C=O) groups is 1. The number of phenolic OH excluding ortho intramolecular Hbond substituents is 1. The van der Waals surface area contributed by atoms with Gasteiger partial charge in [0.25, 0.3) is 5.91 Å². The van der Waals surface area contributed by atoms with Gasteiger partial charge in [-0.05, 0) is 65.2 Å². The minimum absolute atomic E-state index is 0.00864. The smallest absolute Gasteiger partial charge is 0.256 e. The number of aromatic hydroxyl groups is 1. The van der Waals surface area contributed by atoms with Gasteiger partial charge in [0.1, 0.15) is 11.6 Å². The summed E-state index contributed by atoms with van der Waals surface area (Å²) >= 11 is 3.10. The summed E-state index contributed by atoms with van der Waals surface area (Å²) in [5, 5.41) is 12.4. The molecule has 1 fully saturated rings. The number of phenols is 1. The molecule has 3 rings (SSSR count). The van der Waals surface area contributed by atoms with Crippen LogP contribution in [-0.4, -0.2) is 36.8 Å². The Morgan fingerprint density at radius 2 is 1.85 bits per heavy atom. The van der Waals surface area contributed by atoms with Gasteiger partial charge < -0.3 is 10.4 Å². The minimum atomic E-state index is -3.68. The molecule has 0 saturated carbocycles. The minimum Gasteiger partial charge on any atom is -0.506 e. The molecule has 0 atom stereocenters. The maximum absolute atomic E-state index is 13.2.